The molecule has 1 aromatic rings. The molecule has 1 heterocycles. The van der Waals surface area contributed by atoms with Crippen molar-refractivity contribution >= 4 is 17.8 Å². The number of ether oxygens (including phenoxy) is 1. The molecular weight excluding hydrogens is 264 g/mol. The predicted octanol–water partition coefficient (Wildman–Crippen LogP) is -0.611. The summed E-state index contributed by atoms with van der Waals surface area (Å²) in [6.45, 7) is -1.03. The first-order valence-electron chi connectivity index (χ1n) is 6.01. The van der Waals surface area contributed by atoms with Crippen LogP contribution in [0.25, 0.3) is 0 Å². The van der Waals surface area contributed by atoms with E-state index in [1.165, 1.54) is 0 Å². The SMILES string of the molecule is NC(=O)CN(CC(=O)O)C(=O)C1Cc2ccccc2O1. The molecular formula is C13H14N2O5. The summed E-state index contributed by atoms with van der Waals surface area (Å²) in [6, 6.07) is 7.17. The van der Waals surface area contributed by atoms with Crippen LogP contribution in [0.1, 0.15) is 5.56 Å². The number of fused-ring (bicyclic) bond motifs is 1. The molecule has 1 atom stereocenters. The van der Waals surface area contributed by atoms with Crippen LogP contribution in [0, 0.1) is 0 Å². The molecule has 20 heavy (non-hydrogen) atoms. The van der Waals surface area contributed by atoms with Gasteiger partial charge in [0.15, 0.2) is 6.10 Å². The van der Waals surface area contributed by atoms with Crippen molar-refractivity contribution in [2.24, 2.45) is 5.73 Å². The highest BCUT2D eigenvalue weighted by Gasteiger charge is 2.33. The van der Waals surface area contributed by atoms with Crippen LogP contribution in [-0.2, 0) is 20.8 Å². The maximum atomic E-state index is 12.2. The van der Waals surface area contributed by atoms with E-state index in [2.05, 4.69) is 0 Å². The number of nitrogens with two attached hydrogens (primary N) is 1. The number of para-hydroxylation sites is 1. The number of nitrogens with zero attached hydrogens (tertiary/aromatic N) is 1. The van der Waals surface area contributed by atoms with E-state index in [4.69, 9.17) is 15.6 Å². The average Bonchev–Trinajstić information content (AvgIpc) is 2.79. The van der Waals surface area contributed by atoms with E-state index < -0.39 is 37.0 Å². The fourth-order valence-electron chi connectivity index (χ4n) is 2.09. The van der Waals surface area contributed by atoms with Crippen molar-refractivity contribution in [3.05, 3.63) is 29.8 Å². The zero-order valence-corrected chi connectivity index (χ0v) is 10.6. The lowest BCUT2D eigenvalue weighted by Gasteiger charge is -2.22. The molecule has 3 N–H and O–H groups in total. The largest absolute Gasteiger partial charge is 0.480 e. The number of benzene rings is 1. The molecule has 106 valence electrons. The molecule has 0 aromatic heterocycles. The molecule has 0 fully saturated rings. The van der Waals surface area contributed by atoms with E-state index >= 15 is 0 Å². The van der Waals surface area contributed by atoms with Gasteiger partial charge in [-0.25, -0.2) is 0 Å². The Bertz CT molecular complexity index is 516. The standard InChI is InChI=1S/C13H14N2O5/c14-11(16)6-15(7-12(17)18)13(19)10-5-8-3-1-2-4-9(8)20-10/h1-4,10H,5-7H2,(H2,14,16)(H,17,18). The van der Waals surface area contributed by atoms with Crippen LogP contribution < -0.4 is 10.5 Å². The molecule has 7 nitrogen and oxygen atoms in total. The summed E-state index contributed by atoms with van der Waals surface area (Å²) in [5, 5.41) is 8.78. The molecule has 0 spiro atoms. The first-order chi connectivity index (χ1) is 9.47. The van der Waals surface area contributed by atoms with Crippen molar-refractivity contribution in [2.45, 2.75) is 12.5 Å². The Balaban J connectivity index is 2.09. The predicted molar refractivity (Wildman–Crippen MR) is 68.0 cm³/mol. The van der Waals surface area contributed by atoms with Gasteiger partial charge in [-0.05, 0) is 11.6 Å². The highest BCUT2D eigenvalue weighted by atomic mass is 16.5. The average molecular weight is 278 g/mol. The second kappa shape index (κ2) is 5.60. The first kappa shape index (κ1) is 13.9. The van der Waals surface area contributed by atoms with Gasteiger partial charge in [-0.15, -0.1) is 0 Å². The van der Waals surface area contributed by atoms with Gasteiger partial charge in [0.1, 0.15) is 18.8 Å². The molecule has 2 amide bonds. The number of hydrogen-bond donors (Lipinski definition) is 2. The molecule has 0 saturated carbocycles. The summed E-state index contributed by atoms with van der Waals surface area (Å²) in [5.41, 5.74) is 5.90. The number of aliphatic carboxylic acids is 1. The molecule has 7 heteroatoms. The van der Waals surface area contributed by atoms with Gasteiger partial charge in [0.2, 0.25) is 5.91 Å². The van der Waals surface area contributed by atoms with Crippen LogP contribution in [0.3, 0.4) is 0 Å². The minimum atomic E-state index is -1.21. The summed E-state index contributed by atoms with van der Waals surface area (Å²) in [5.74, 6) is -1.94. The third-order valence-corrected chi connectivity index (χ3v) is 2.91. The molecule has 2 rings (SSSR count). The number of rotatable bonds is 5. The van der Waals surface area contributed by atoms with Gasteiger partial charge in [0.05, 0.1) is 0 Å². The first-order valence-corrected chi connectivity index (χ1v) is 6.01. The van der Waals surface area contributed by atoms with Crippen LogP contribution in [0.2, 0.25) is 0 Å². The number of carboxylic acids is 1. The Labute approximate surface area is 114 Å². The van der Waals surface area contributed by atoms with Crippen molar-refractivity contribution in [3.63, 3.8) is 0 Å². The van der Waals surface area contributed by atoms with Gasteiger partial charge < -0.3 is 20.5 Å². The van der Waals surface area contributed by atoms with Crippen LogP contribution >= 0.6 is 0 Å². The Morgan fingerprint density at radius 1 is 1.30 bits per heavy atom. The third-order valence-electron chi connectivity index (χ3n) is 2.91. The number of amides is 2. The fourth-order valence-corrected chi connectivity index (χ4v) is 2.09. The molecule has 1 aliphatic rings. The number of carbonyl (C=O) groups excluding carboxylic acids is 2. The molecule has 1 aromatic carbocycles. The van der Waals surface area contributed by atoms with E-state index in [0.717, 1.165) is 10.5 Å². The van der Waals surface area contributed by atoms with Gasteiger partial charge in [0.25, 0.3) is 5.91 Å². The van der Waals surface area contributed by atoms with Gasteiger partial charge in [-0.3, -0.25) is 14.4 Å². The number of primary amides is 1. The van der Waals surface area contributed by atoms with Crippen molar-refractivity contribution in [3.8, 4) is 5.75 Å². The Hall–Kier alpha value is -2.57. The van der Waals surface area contributed by atoms with Gasteiger partial charge in [-0.2, -0.15) is 0 Å². The Kier molecular flexibility index (Phi) is 3.88. The molecule has 0 aliphatic carbocycles. The van der Waals surface area contributed by atoms with Gasteiger partial charge >= 0.3 is 5.97 Å². The van der Waals surface area contributed by atoms with Crippen molar-refractivity contribution in [2.75, 3.05) is 13.1 Å². The Morgan fingerprint density at radius 3 is 2.60 bits per heavy atom. The fraction of sp³-hybridized carbons (Fsp3) is 0.308. The molecule has 1 unspecified atom stereocenters. The number of carboxylic acid groups (broad SMARTS) is 1. The monoisotopic (exact) mass is 278 g/mol. The van der Waals surface area contributed by atoms with E-state index in [0.29, 0.717) is 12.2 Å². The molecule has 0 saturated heterocycles. The van der Waals surface area contributed by atoms with E-state index in [1.807, 2.05) is 12.1 Å². The van der Waals surface area contributed by atoms with E-state index in [-0.39, 0.29) is 0 Å². The molecule has 0 bridgehead atoms. The minimum Gasteiger partial charge on any atom is -0.480 e. The van der Waals surface area contributed by atoms with E-state index in [9.17, 15) is 14.4 Å². The van der Waals surface area contributed by atoms with Crippen LogP contribution in [0.15, 0.2) is 24.3 Å². The third kappa shape index (κ3) is 3.05. The van der Waals surface area contributed by atoms with Crippen molar-refractivity contribution < 1.29 is 24.2 Å². The summed E-state index contributed by atoms with van der Waals surface area (Å²) in [4.78, 5) is 34.8. The lowest BCUT2D eigenvalue weighted by molar-refractivity contribution is -0.148. The summed E-state index contributed by atoms with van der Waals surface area (Å²) < 4.78 is 5.48. The number of carbonyl (C=O) groups is 3. The minimum absolute atomic E-state index is 0.351. The molecule has 1 aliphatic heterocycles. The normalized spacial score (nSPS) is 16.1. The van der Waals surface area contributed by atoms with Gasteiger partial charge in [0, 0.05) is 6.42 Å². The number of hydrogen-bond acceptors (Lipinski definition) is 4. The maximum Gasteiger partial charge on any atom is 0.323 e. The highest BCUT2D eigenvalue weighted by Crippen LogP contribution is 2.28. The summed E-state index contributed by atoms with van der Waals surface area (Å²) >= 11 is 0. The molecule has 0 radical (unpaired) electrons. The highest BCUT2D eigenvalue weighted by molar-refractivity contribution is 5.89. The smallest absolute Gasteiger partial charge is 0.323 e. The van der Waals surface area contributed by atoms with Gasteiger partial charge in [-0.1, -0.05) is 18.2 Å². The maximum absolute atomic E-state index is 12.2. The Morgan fingerprint density at radius 2 is 2.00 bits per heavy atom. The van der Waals surface area contributed by atoms with Crippen molar-refractivity contribution in [1.82, 2.24) is 4.90 Å². The lowest BCUT2D eigenvalue weighted by atomic mass is 10.1. The zero-order chi connectivity index (χ0) is 14.7. The van der Waals surface area contributed by atoms with Crippen LogP contribution in [0.4, 0.5) is 0 Å². The van der Waals surface area contributed by atoms with E-state index in [1.54, 1.807) is 12.1 Å². The quantitative estimate of drug-likeness (QED) is 0.746. The second-order valence-corrected chi connectivity index (χ2v) is 4.47. The summed E-state index contributed by atoms with van der Waals surface area (Å²) in [6.07, 6.45) is -0.463. The van der Waals surface area contributed by atoms with Crippen LogP contribution in [0.5, 0.6) is 5.75 Å². The topological polar surface area (TPSA) is 110 Å². The summed E-state index contributed by atoms with van der Waals surface area (Å²) in [7, 11) is 0. The zero-order valence-electron chi connectivity index (χ0n) is 10.6. The second-order valence-electron chi connectivity index (χ2n) is 4.47. The van der Waals surface area contributed by atoms with Crippen LogP contribution in [-0.4, -0.2) is 47.0 Å². The van der Waals surface area contributed by atoms with Crippen molar-refractivity contribution in [1.29, 1.82) is 0 Å². The lowest BCUT2D eigenvalue weighted by Crippen LogP contribution is -2.47.